The lowest BCUT2D eigenvalue weighted by atomic mass is 10.3. The molecule has 0 unspecified atom stereocenters. The quantitative estimate of drug-likeness (QED) is 0.890. The maximum absolute atomic E-state index is 11.7. The maximum atomic E-state index is 11.7. The molecule has 0 aliphatic heterocycles. The van der Waals surface area contributed by atoms with Gasteiger partial charge in [-0.1, -0.05) is 6.07 Å². The van der Waals surface area contributed by atoms with Gasteiger partial charge in [-0.05, 0) is 23.8 Å². The molecule has 6 nitrogen and oxygen atoms in total. The van der Waals surface area contributed by atoms with Crippen molar-refractivity contribution in [2.24, 2.45) is 0 Å². The summed E-state index contributed by atoms with van der Waals surface area (Å²) in [5.74, 6) is 0.839. The Hall–Kier alpha value is -2.63. The third kappa shape index (κ3) is 3.94. The third-order valence-corrected chi connectivity index (χ3v) is 2.64. The fourth-order valence-electron chi connectivity index (χ4n) is 1.58. The minimum Gasteiger partial charge on any atom is -0.363 e. The van der Waals surface area contributed by atoms with Crippen molar-refractivity contribution >= 4 is 17.5 Å². The standard InChI is InChI=1S/C14H17N5O/c1-19(2)13-6-5-12(10-16-13)18-14(20)17-9-11-4-3-7-15-8-11/h3-8,10H,9H2,1-2H3,(H2,17,18,20). The van der Waals surface area contributed by atoms with Crippen molar-refractivity contribution in [1.82, 2.24) is 15.3 Å². The summed E-state index contributed by atoms with van der Waals surface area (Å²) in [7, 11) is 3.83. The summed E-state index contributed by atoms with van der Waals surface area (Å²) in [6.07, 6.45) is 5.04. The van der Waals surface area contributed by atoms with Gasteiger partial charge < -0.3 is 15.5 Å². The molecule has 0 aliphatic rings. The molecule has 2 amide bonds. The Morgan fingerprint density at radius 2 is 2.10 bits per heavy atom. The normalized spacial score (nSPS) is 9.90. The first-order valence-electron chi connectivity index (χ1n) is 6.22. The van der Waals surface area contributed by atoms with Crippen molar-refractivity contribution in [3.63, 3.8) is 0 Å². The smallest absolute Gasteiger partial charge is 0.319 e. The number of hydrogen-bond donors (Lipinski definition) is 2. The van der Waals surface area contributed by atoms with Crippen LogP contribution in [0.25, 0.3) is 0 Å². The second-order valence-electron chi connectivity index (χ2n) is 4.47. The van der Waals surface area contributed by atoms with Gasteiger partial charge in [-0.3, -0.25) is 4.98 Å². The van der Waals surface area contributed by atoms with E-state index in [4.69, 9.17) is 0 Å². The molecule has 2 rings (SSSR count). The van der Waals surface area contributed by atoms with Gasteiger partial charge in [0, 0.05) is 33.0 Å². The predicted molar refractivity (Wildman–Crippen MR) is 78.7 cm³/mol. The molecular formula is C14H17N5O. The van der Waals surface area contributed by atoms with Crippen LogP contribution in [-0.2, 0) is 6.54 Å². The summed E-state index contributed by atoms with van der Waals surface area (Å²) >= 11 is 0. The van der Waals surface area contributed by atoms with E-state index < -0.39 is 0 Å². The van der Waals surface area contributed by atoms with Crippen LogP contribution >= 0.6 is 0 Å². The number of hydrogen-bond acceptors (Lipinski definition) is 4. The molecule has 104 valence electrons. The summed E-state index contributed by atoms with van der Waals surface area (Å²) in [6, 6.07) is 7.12. The highest BCUT2D eigenvalue weighted by atomic mass is 16.2. The Labute approximate surface area is 117 Å². The number of pyridine rings is 2. The molecule has 0 fully saturated rings. The van der Waals surface area contributed by atoms with E-state index in [2.05, 4.69) is 20.6 Å². The Morgan fingerprint density at radius 3 is 2.70 bits per heavy atom. The second kappa shape index (κ2) is 6.51. The number of rotatable bonds is 4. The van der Waals surface area contributed by atoms with E-state index in [0.29, 0.717) is 12.2 Å². The molecule has 2 heterocycles. The number of carbonyl (C=O) groups is 1. The molecule has 0 spiro atoms. The highest BCUT2D eigenvalue weighted by Gasteiger charge is 2.03. The van der Waals surface area contributed by atoms with Crippen LogP contribution in [0.1, 0.15) is 5.56 Å². The van der Waals surface area contributed by atoms with Crippen molar-refractivity contribution in [2.45, 2.75) is 6.54 Å². The zero-order valence-electron chi connectivity index (χ0n) is 11.5. The second-order valence-corrected chi connectivity index (χ2v) is 4.47. The summed E-state index contributed by atoms with van der Waals surface area (Å²) in [4.78, 5) is 21.8. The van der Waals surface area contributed by atoms with E-state index in [0.717, 1.165) is 11.4 Å². The number of urea groups is 1. The third-order valence-electron chi connectivity index (χ3n) is 2.64. The van der Waals surface area contributed by atoms with Crippen molar-refractivity contribution in [2.75, 3.05) is 24.3 Å². The lowest BCUT2D eigenvalue weighted by molar-refractivity contribution is 0.251. The zero-order valence-corrected chi connectivity index (χ0v) is 11.5. The van der Waals surface area contributed by atoms with Crippen LogP contribution in [0.2, 0.25) is 0 Å². The molecule has 0 atom stereocenters. The SMILES string of the molecule is CN(C)c1ccc(NC(=O)NCc2cccnc2)cn1. The molecule has 0 aliphatic carbocycles. The number of amides is 2. The van der Waals surface area contributed by atoms with Gasteiger partial charge in [0.1, 0.15) is 5.82 Å². The summed E-state index contributed by atoms with van der Waals surface area (Å²) in [5, 5.41) is 5.48. The predicted octanol–water partition coefficient (Wildman–Crippen LogP) is 1.86. The largest absolute Gasteiger partial charge is 0.363 e. The molecule has 0 bridgehead atoms. The molecule has 0 saturated carbocycles. The minimum atomic E-state index is -0.270. The molecule has 2 aromatic heterocycles. The van der Waals surface area contributed by atoms with Gasteiger partial charge in [0.05, 0.1) is 11.9 Å². The molecule has 0 saturated heterocycles. The van der Waals surface area contributed by atoms with Crippen LogP contribution in [0.3, 0.4) is 0 Å². The van der Waals surface area contributed by atoms with Crippen LogP contribution in [0.4, 0.5) is 16.3 Å². The van der Waals surface area contributed by atoms with Crippen molar-refractivity contribution in [3.8, 4) is 0 Å². The number of anilines is 2. The zero-order chi connectivity index (χ0) is 14.4. The molecular weight excluding hydrogens is 254 g/mol. The van der Waals surface area contributed by atoms with E-state index in [1.54, 1.807) is 18.6 Å². The van der Waals surface area contributed by atoms with Crippen LogP contribution in [0.15, 0.2) is 42.9 Å². The van der Waals surface area contributed by atoms with E-state index >= 15 is 0 Å². The van der Waals surface area contributed by atoms with E-state index in [-0.39, 0.29) is 6.03 Å². The van der Waals surface area contributed by atoms with Crippen molar-refractivity contribution in [3.05, 3.63) is 48.4 Å². The van der Waals surface area contributed by atoms with Gasteiger partial charge in [0.25, 0.3) is 0 Å². The van der Waals surface area contributed by atoms with E-state index in [1.807, 2.05) is 43.3 Å². The molecule has 0 radical (unpaired) electrons. The van der Waals surface area contributed by atoms with Crippen molar-refractivity contribution < 1.29 is 4.79 Å². The van der Waals surface area contributed by atoms with Gasteiger partial charge in [-0.25, -0.2) is 9.78 Å². The molecule has 20 heavy (non-hydrogen) atoms. The van der Waals surface area contributed by atoms with Gasteiger partial charge in [-0.15, -0.1) is 0 Å². The average Bonchev–Trinajstić information content (AvgIpc) is 2.47. The fraction of sp³-hybridized carbons (Fsp3) is 0.214. The Balaban J connectivity index is 1.85. The number of nitrogens with zero attached hydrogens (tertiary/aromatic N) is 3. The van der Waals surface area contributed by atoms with E-state index in [1.165, 1.54) is 0 Å². The number of aromatic nitrogens is 2. The van der Waals surface area contributed by atoms with Crippen molar-refractivity contribution in [1.29, 1.82) is 0 Å². The topological polar surface area (TPSA) is 70.2 Å². The van der Waals surface area contributed by atoms with Gasteiger partial charge in [0.2, 0.25) is 0 Å². The highest BCUT2D eigenvalue weighted by molar-refractivity contribution is 5.89. The van der Waals surface area contributed by atoms with Gasteiger partial charge in [-0.2, -0.15) is 0 Å². The van der Waals surface area contributed by atoms with Gasteiger partial charge >= 0.3 is 6.03 Å². The monoisotopic (exact) mass is 271 g/mol. The number of nitrogens with one attached hydrogen (secondary N) is 2. The lowest BCUT2D eigenvalue weighted by Crippen LogP contribution is -2.28. The molecule has 2 aromatic rings. The van der Waals surface area contributed by atoms with E-state index in [9.17, 15) is 4.79 Å². The molecule has 0 aromatic carbocycles. The van der Waals surface area contributed by atoms with Crippen LogP contribution in [-0.4, -0.2) is 30.1 Å². The Kier molecular flexibility index (Phi) is 4.49. The van der Waals surface area contributed by atoms with Crippen LogP contribution in [0, 0.1) is 0 Å². The Morgan fingerprint density at radius 1 is 1.25 bits per heavy atom. The fourth-order valence-corrected chi connectivity index (χ4v) is 1.58. The lowest BCUT2D eigenvalue weighted by Gasteiger charge is -2.12. The maximum Gasteiger partial charge on any atom is 0.319 e. The van der Waals surface area contributed by atoms with Crippen LogP contribution < -0.4 is 15.5 Å². The summed E-state index contributed by atoms with van der Waals surface area (Å²) in [5.41, 5.74) is 1.60. The molecule has 6 heteroatoms. The summed E-state index contributed by atoms with van der Waals surface area (Å²) < 4.78 is 0. The summed E-state index contributed by atoms with van der Waals surface area (Å²) in [6.45, 7) is 0.433. The first-order chi connectivity index (χ1) is 9.65. The van der Waals surface area contributed by atoms with Gasteiger partial charge in [0.15, 0.2) is 0 Å². The number of carbonyl (C=O) groups excluding carboxylic acids is 1. The minimum absolute atomic E-state index is 0.270. The Bertz CT molecular complexity index is 554. The first kappa shape index (κ1) is 13.8. The molecule has 2 N–H and O–H groups in total. The first-order valence-corrected chi connectivity index (χ1v) is 6.22. The highest BCUT2D eigenvalue weighted by Crippen LogP contribution is 2.11. The average molecular weight is 271 g/mol. The van der Waals surface area contributed by atoms with Crippen LogP contribution in [0.5, 0.6) is 0 Å².